The molecule has 5 heteroatoms. The highest BCUT2D eigenvalue weighted by molar-refractivity contribution is 5.68. The lowest BCUT2D eigenvalue weighted by Gasteiger charge is -2.21. The number of aliphatic hydroxyl groups excluding tert-OH is 1. The fourth-order valence-electron chi connectivity index (χ4n) is 2.57. The van der Waals surface area contributed by atoms with Crippen molar-refractivity contribution in [3.63, 3.8) is 0 Å². The van der Waals surface area contributed by atoms with Gasteiger partial charge in [0.1, 0.15) is 0 Å². The van der Waals surface area contributed by atoms with Crippen molar-refractivity contribution in [2.75, 3.05) is 19.8 Å². The Hall–Kier alpha value is -1.59. The summed E-state index contributed by atoms with van der Waals surface area (Å²) in [7, 11) is 0. The van der Waals surface area contributed by atoms with Gasteiger partial charge in [0.15, 0.2) is 0 Å². The molecule has 0 bridgehead atoms. The van der Waals surface area contributed by atoms with Crippen LogP contribution in [0.25, 0.3) is 0 Å². The van der Waals surface area contributed by atoms with Crippen molar-refractivity contribution in [1.82, 2.24) is 4.90 Å². The van der Waals surface area contributed by atoms with E-state index in [-0.39, 0.29) is 24.8 Å². The summed E-state index contributed by atoms with van der Waals surface area (Å²) in [6, 6.07) is 9.72. The number of rotatable bonds is 7. The van der Waals surface area contributed by atoms with Crippen LogP contribution >= 0.6 is 0 Å². The molecule has 2 atom stereocenters. The van der Waals surface area contributed by atoms with Gasteiger partial charge in [0.05, 0.1) is 38.5 Å². The lowest BCUT2D eigenvalue weighted by atomic mass is 10.2. The number of aliphatic hydroxyl groups is 1. The van der Waals surface area contributed by atoms with Gasteiger partial charge in [0, 0.05) is 0 Å². The van der Waals surface area contributed by atoms with Crippen LogP contribution in [0.4, 0.5) is 4.79 Å². The molecule has 0 aliphatic carbocycles. The third-order valence-corrected chi connectivity index (χ3v) is 3.87. The molecule has 1 aromatic rings. The molecule has 1 aliphatic heterocycles. The highest BCUT2D eigenvalue weighted by Crippen LogP contribution is 2.22. The smallest absolute Gasteiger partial charge is 0.410 e. The summed E-state index contributed by atoms with van der Waals surface area (Å²) >= 11 is 0. The number of unbranched alkanes of at least 4 members (excludes halogenated alkanes) is 1. The van der Waals surface area contributed by atoms with E-state index in [2.05, 4.69) is 0 Å². The summed E-state index contributed by atoms with van der Waals surface area (Å²) in [4.78, 5) is 13.6. The fourth-order valence-corrected chi connectivity index (χ4v) is 2.57. The van der Waals surface area contributed by atoms with E-state index in [1.807, 2.05) is 37.3 Å². The molecule has 1 aromatic carbocycles. The Balaban J connectivity index is 1.82. The molecule has 0 spiro atoms. The molecule has 1 aliphatic rings. The maximum atomic E-state index is 12.0. The van der Waals surface area contributed by atoms with Gasteiger partial charge in [-0.2, -0.15) is 0 Å². The van der Waals surface area contributed by atoms with Crippen LogP contribution in [0.3, 0.4) is 0 Å². The largest absolute Gasteiger partial charge is 0.449 e. The topological polar surface area (TPSA) is 59.0 Å². The number of hydrogen-bond donors (Lipinski definition) is 1. The van der Waals surface area contributed by atoms with Gasteiger partial charge >= 0.3 is 6.09 Å². The molecule has 122 valence electrons. The summed E-state index contributed by atoms with van der Waals surface area (Å²) < 4.78 is 11.1. The summed E-state index contributed by atoms with van der Waals surface area (Å²) in [6.07, 6.45) is 2.08. The van der Waals surface area contributed by atoms with Crippen molar-refractivity contribution in [3.8, 4) is 0 Å². The number of benzene rings is 1. The average molecular weight is 307 g/mol. The standard InChI is InChI=1S/C17H25NO4/c1-2-3-9-21-17(20)18-11-16(10-15(18)12-19)22-13-14-7-5-4-6-8-14/h4-8,15-16,19H,2-3,9-13H2,1H3/t15-,16-/m1/s1. The van der Waals surface area contributed by atoms with Gasteiger partial charge in [0.25, 0.3) is 0 Å². The van der Waals surface area contributed by atoms with E-state index in [9.17, 15) is 9.90 Å². The summed E-state index contributed by atoms with van der Waals surface area (Å²) in [6.45, 7) is 3.41. The first kappa shape index (κ1) is 16.8. The molecule has 0 unspecified atom stereocenters. The predicted molar refractivity (Wildman–Crippen MR) is 83.5 cm³/mol. The zero-order valence-corrected chi connectivity index (χ0v) is 13.1. The number of likely N-dealkylation sites (tertiary alicyclic amines) is 1. The molecule has 5 nitrogen and oxygen atoms in total. The Morgan fingerprint density at radius 1 is 1.36 bits per heavy atom. The Morgan fingerprint density at radius 3 is 2.82 bits per heavy atom. The minimum Gasteiger partial charge on any atom is -0.449 e. The minimum absolute atomic E-state index is 0.0592. The molecule has 0 radical (unpaired) electrons. The molecule has 1 N–H and O–H groups in total. The van der Waals surface area contributed by atoms with Gasteiger partial charge in [-0.25, -0.2) is 4.79 Å². The van der Waals surface area contributed by atoms with Gasteiger partial charge in [-0.1, -0.05) is 43.7 Å². The number of amides is 1. The molecule has 2 rings (SSSR count). The van der Waals surface area contributed by atoms with E-state index in [1.54, 1.807) is 4.90 Å². The molecular formula is C17H25NO4. The molecule has 1 heterocycles. The van der Waals surface area contributed by atoms with Crippen LogP contribution in [0.1, 0.15) is 31.7 Å². The first-order valence-electron chi connectivity index (χ1n) is 7.94. The second-order valence-electron chi connectivity index (χ2n) is 5.61. The third-order valence-electron chi connectivity index (χ3n) is 3.87. The van der Waals surface area contributed by atoms with Crippen molar-refractivity contribution < 1.29 is 19.4 Å². The van der Waals surface area contributed by atoms with Crippen molar-refractivity contribution in [2.24, 2.45) is 0 Å². The van der Waals surface area contributed by atoms with E-state index >= 15 is 0 Å². The van der Waals surface area contributed by atoms with E-state index in [1.165, 1.54) is 0 Å². The predicted octanol–water partition coefficient (Wildman–Crippen LogP) is 2.58. The molecule has 1 amide bonds. The zero-order chi connectivity index (χ0) is 15.8. The lowest BCUT2D eigenvalue weighted by Crippen LogP contribution is -2.38. The Bertz CT molecular complexity index is 451. The van der Waals surface area contributed by atoms with Crippen LogP contribution in [0.5, 0.6) is 0 Å². The van der Waals surface area contributed by atoms with E-state index in [4.69, 9.17) is 9.47 Å². The van der Waals surface area contributed by atoms with Crippen LogP contribution < -0.4 is 0 Å². The average Bonchev–Trinajstić information content (AvgIpc) is 2.97. The van der Waals surface area contributed by atoms with E-state index in [0.29, 0.717) is 26.2 Å². The zero-order valence-electron chi connectivity index (χ0n) is 13.1. The maximum Gasteiger partial charge on any atom is 0.410 e. The lowest BCUT2D eigenvalue weighted by molar-refractivity contribution is 0.0437. The second kappa shape index (κ2) is 8.76. The van der Waals surface area contributed by atoms with Crippen molar-refractivity contribution >= 4 is 6.09 Å². The van der Waals surface area contributed by atoms with Gasteiger partial charge in [0.2, 0.25) is 0 Å². The first-order valence-corrected chi connectivity index (χ1v) is 7.94. The third kappa shape index (κ3) is 4.71. The first-order chi connectivity index (χ1) is 10.7. The molecule has 0 aromatic heterocycles. The van der Waals surface area contributed by atoms with Crippen LogP contribution in [0, 0.1) is 0 Å². The second-order valence-corrected chi connectivity index (χ2v) is 5.61. The van der Waals surface area contributed by atoms with E-state index < -0.39 is 0 Å². The van der Waals surface area contributed by atoms with E-state index in [0.717, 1.165) is 18.4 Å². The van der Waals surface area contributed by atoms with Crippen molar-refractivity contribution in [2.45, 2.75) is 44.9 Å². The number of ether oxygens (including phenoxy) is 2. The molecule has 1 saturated heterocycles. The summed E-state index contributed by atoms with van der Waals surface area (Å²) in [5, 5.41) is 9.45. The Labute approximate surface area is 131 Å². The molecule has 22 heavy (non-hydrogen) atoms. The summed E-state index contributed by atoms with van der Waals surface area (Å²) in [5.41, 5.74) is 1.10. The Morgan fingerprint density at radius 2 is 2.14 bits per heavy atom. The minimum atomic E-state index is -0.349. The quantitative estimate of drug-likeness (QED) is 0.787. The Kier molecular flexibility index (Phi) is 6.68. The van der Waals surface area contributed by atoms with Crippen LogP contribution in [0.2, 0.25) is 0 Å². The molecular weight excluding hydrogens is 282 g/mol. The monoisotopic (exact) mass is 307 g/mol. The van der Waals surface area contributed by atoms with Crippen LogP contribution in [-0.2, 0) is 16.1 Å². The summed E-state index contributed by atoms with van der Waals surface area (Å²) in [5.74, 6) is 0. The van der Waals surface area contributed by atoms with Crippen LogP contribution in [0.15, 0.2) is 30.3 Å². The van der Waals surface area contributed by atoms with Gasteiger partial charge in [-0.3, -0.25) is 0 Å². The molecule has 1 fully saturated rings. The van der Waals surface area contributed by atoms with Gasteiger partial charge < -0.3 is 19.5 Å². The number of nitrogens with zero attached hydrogens (tertiary/aromatic N) is 1. The molecule has 0 saturated carbocycles. The highest BCUT2D eigenvalue weighted by atomic mass is 16.6. The SMILES string of the molecule is CCCCOC(=O)N1C[C@H](OCc2ccccc2)C[C@@H]1CO. The van der Waals surface area contributed by atoms with Gasteiger partial charge in [-0.05, 0) is 18.4 Å². The normalized spacial score (nSPS) is 21.1. The number of hydrogen-bond acceptors (Lipinski definition) is 4. The van der Waals surface area contributed by atoms with Gasteiger partial charge in [-0.15, -0.1) is 0 Å². The maximum absolute atomic E-state index is 12.0. The fraction of sp³-hybridized carbons (Fsp3) is 0.588. The van der Waals surface area contributed by atoms with Crippen LogP contribution in [-0.4, -0.2) is 48.0 Å². The van der Waals surface area contributed by atoms with Crippen molar-refractivity contribution in [1.29, 1.82) is 0 Å². The van der Waals surface area contributed by atoms with Crippen molar-refractivity contribution in [3.05, 3.63) is 35.9 Å². The number of carbonyl (C=O) groups excluding carboxylic acids is 1. The number of carbonyl (C=O) groups is 1. The highest BCUT2D eigenvalue weighted by Gasteiger charge is 2.36.